The first kappa shape index (κ1) is 28.3. The second-order valence-electron chi connectivity index (χ2n) is 9.98. The summed E-state index contributed by atoms with van der Waals surface area (Å²) in [6, 6.07) is 13.9. The minimum absolute atomic E-state index is 0.00678. The molecule has 1 aromatic heterocycles. The molecule has 11 heteroatoms. The van der Waals surface area contributed by atoms with Gasteiger partial charge in [0.15, 0.2) is 5.03 Å². The average Bonchev–Trinajstić information content (AvgIpc) is 3.16. The zero-order valence-electron chi connectivity index (χ0n) is 22.4. The number of anilines is 1. The molecule has 1 unspecified atom stereocenters. The third-order valence-electron chi connectivity index (χ3n) is 6.52. The van der Waals surface area contributed by atoms with Crippen molar-refractivity contribution in [2.75, 3.05) is 18.9 Å². The summed E-state index contributed by atoms with van der Waals surface area (Å²) >= 11 is 0. The lowest BCUT2D eigenvalue weighted by atomic mass is 9.90. The van der Waals surface area contributed by atoms with Crippen LogP contribution in [0.15, 0.2) is 59.6 Å². The molecule has 2 heterocycles. The van der Waals surface area contributed by atoms with E-state index >= 15 is 0 Å². The van der Waals surface area contributed by atoms with Crippen LogP contribution in [0.25, 0.3) is 0 Å². The number of halogens is 1. The van der Waals surface area contributed by atoms with Crippen LogP contribution in [0.4, 0.5) is 10.2 Å². The number of rotatable bonds is 10. The quantitative estimate of drug-likeness (QED) is 0.385. The molecule has 0 aliphatic carbocycles. The van der Waals surface area contributed by atoms with Crippen molar-refractivity contribution < 1.29 is 27.1 Å². The highest BCUT2D eigenvalue weighted by Crippen LogP contribution is 2.44. The number of fused-ring (bicyclic) bond motifs is 1. The van der Waals surface area contributed by atoms with E-state index in [-0.39, 0.29) is 29.9 Å². The topological polar surface area (TPSA) is 124 Å². The maximum absolute atomic E-state index is 14.6. The number of amides is 1. The van der Waals surface area contributed by atoms with Gasteiger partial charge in [-0.1, -0.05) is 32.0 Å². The van der Waals surface area contributed by atoms with Crippen LogP contribution in [-0.4, -0.2) is 37.4 Å². The van der Waals surface area contributed by atoms with Gasteiger partial charge in [0.1, 0.15) is 28.7 Å². The van der Waals surface area contributed by atoms with Gasteiger partial charge in [-0.2, -0.15) is 8.42 Å². The molecule has 1 atom stereocenters. The number of nitrogens with one attached hydrogen (secondary N) is 1. The van der Waals surface area contributed by atoms with Gasteiger partial charge in [0, 0.05) is 24.7 Å². The SMILES string of the molecule is CCOc1cccc2c1CN(Cc1cc(F)cc(OCC(C)C)c1)C2(C)C(=O)NS(=O)(=O)c1cccc(N)n1. The van der Waals surface area contributed by atoms with Crippen LogP contribution in [0, 0.1) is 11.7 Å². The number of benzene rings is 2. The van der Waals surface area contributed by atoms with Gasteiger partial charge in [0.2, 0.25) is 0 Å². The Kier molecular flexibility index (Phi) is 8.12. The number of hydrogen-bond acceptors (Lipinski definition) is 8. The molecule has 0 bridgehead atoms. The lowest BCUT2D eigenvalue weighted by Gasteiger charge is -2.34. The van der Waals surface area contributed by atoms with E-state index < -0.39 is 27.3 Å². The van der Waals surface area contributed by atoms with E-state index in [0.29, 0.717) is 35.8 Å². The highest BCUT2D eigenvalue weighted by molar-refractivity contribution is 7.90. The maximum Gasteiger partial charge on any atom is 0.281 e. The van der Waals surface area contributed by atoms with Crippen molar-refractivity contribution in [3.05, 3.63) is 77.1 Å². The van der Waals surface area contributed by atoms with Crippen molar-refractivity contribution in [2.24, 2.45) is 5.92 Å². The molecule has 0 fully saturated rings. The molecule has 1 aliphatic rings. The number of aromatic nitrogens is 1. The molecule has 3 N–H and O–H groups in total. The Labute approximate surface area is 228 Å². The molecular formula is C28H33FN4O5S. The number of hydrogen-bond donors (Lipinski definition) is 2. The lowest BCUT2D eigenvalue weighted by molar-refractivity contribution is -0.131. The van der Waals surface area contributed by atoms with E-state index in [9.17, 15) is 17.6 Å². The molecule has 0 saturated heterocycles. The Morgan fingerprint density at radius 2 is 1.92 bits per heavy atom. The van der Waals surface area contributed by atoms with E-state index in [1.807, 2.05) is 20.8 Å². The predicted molar refractivity (Wildman–Crippen MR) is 145 cm³/mol. The highest BCUT2D eigenvalue weighted by atomic mass is 32.2. The largest absolute Gasteiger partial charge is 0.494 e. The molecule has 0 radical (unpaired) electrons. The zero-order valence-corrected chi connectivity index (χ0v) is 23.2. The van der Waals surface area contributed by atoms with Crippen LogP contribution < -0.4 is 19.9 Å². The summed E-state index contributed by atoms with van der Waals surface area (Å²) in [7, 11) is -4.33. The van der Waals surface area contributed by atoms with Gasteiger partial charge in [0.05, 0.1) is 13.2 Å². The molecule has 39 heavy (non-hydrogen) atoms. The van der Waals surface area contributed by atoms with Crippen LogP contribution >= 0.6 is 0 Å². The summed E-state index contributed by atoms with van der Waals surface area (Å²) in [5, 5.41) is -0.371. The van der Waals surface area contributed by atoms with Crippen LogP contribution in [0.2, 0.25) is 0 Å². The number of ether oxygens (including phenoxy) is 2. The van der Waals surface area contributed by atoms with E-state index in [0.717, 1.165) is 5.56 Å². The molecule has 208 valence electrons. The summed E-state index contributed by atoms with van der Waals surface area (Å²) in [6.45, 7) is 8.72. The first-order valence-electron chi connectivity index (χ1n) is 12.7. The van der Waals surface area contributed by atoms with E-state index in [1.54, 1.807) is 36.1 Å². The van der Waals surface area contributed by atoms with Crippen LogP contribution in [0.1, 0.15) is 44.4 Å². The van der Waals surface area contributed by atoms with Crippen molar-refractivity contribution in [2.45, 2.75) is 51.3 Å². The second kappa shape index (κ2) is 11.2. The summed E-state index contributed by atoms with van der Waals surface area (Å²) < 4.78 is 54.5. The predicted octanol–water partition coefficient (Wildman–Crippen LogP) is 3.97. The molecule has 4 rings (SSSR count). The van der Waals surface area contributed by atoms with Crippen LogP contribution in [-0.2, 0) is 33.4 Å². The first-order chi connectivity index (χ1) is 18.4. The Balaban J connectivity index is 1.72. The van der Waals surface area contributed by atoms with Crippen molar-refractivity contribution >= 4 is 21.7 Å². The molecule has 1 amide bonds. The van der Waals surface area contributed by atoms with E-state index in [1.165, 1.54) is 30.3 Å². The normalized spacial score (nSPS) is 17.2. The second-order valence-corrected chi connectivity index (χ2v) is 11.6. The minimum Gasteiger partial charge on any atom is -0.494 e. The van der Waals surface area contributed by atoms with Gasteiger partial charge >= 0.3 is 0 Å². The monoisotopic (exact) mass is 556 g/mol. The van der Waals surface area contributed by atoms with Crippen molar-refractivity contribution in [1.82, 2.24) is 14.6 Å². The van der Waals surface area contributed by atoms with Crippen LogP contribution in [0.5, 0.6) is 11.5 Å². The zero-order chi connectivity index (χ0) is 28.4. The molecule has 9 nitrogen and oxygen atoms in total. The molecule has 1 aliphatic heterocycles. The Hall–Kier alpha value is -3.70. The molecule has 0 saturated carbocycles. The smallest absolute Gasteiger partial charge is 0.281 e. The minimum atomic E-state index is -4.33. The van der Waals surface area contributed by atoms with Crippen LogP contribution in [0.3, 0.4) is 0 Å². The molecular weight excluding hydrogens is 523 g/mol. The number of nitrogen functional groups attached to an aromatic ring is 1. The van der Waals surface area contributed by atoms with Gasteiger partial charge in [0.25, 0.3) is 15.9 Å². The van der Waals surface area contributed by atoms with Gasteiger partial charge in [-0.15, -0.1) is 0 Å². The lowest BCUT2D eigenvalue weighted by Crippen LogP contribution is -2.52. The fourth-order valence-corrected chi connectivity index (χ4v) is 5.64. The van der Waals surface area contributed by atoms with E-state index in [2.05, 4.69) is 9.71 Å². The third-order valence-corrected chi connectivity index (χ3v) is 7.75. The number of carbonyl (C=O) groups excluding carboxylic acids is 1. The summed E-state index contributed by atoms with van der Waals surface area (Å²) in [5.74, 6) is -0.0206. The Morgan fingerprint density at radius 3 is 2.62 bits per heavy atom. The highest BCUT2D eigenvalue weighted by Gasteiger charge is 2.49. The number of pyridine rings is 1. The number of sulfonamides is 1. The third kappa shape index (κ3) is 5.99. The summed E-state index contributed by atoms with van der Waals surface area (Å²) in [4.78, 5) is 19.5. The maximum atomic E-state index is 14.6. The molecule has 3 aromatic rings. The number of carbonyl (C=O) groups is 1. The molecule has 2 aromatic carbocycles. The van der Waals surface area contributed by atoms with Gasteiger partial charge in [-0.3, -0.25) is 9.69 Å². The first-order valence-corrected chi connectivity index (χ1v) is 14.1. The Morgan fingerprint density at radius 1 is 1.18 bits per heavy atom. The van der Waals surface area contributed by atoms with Crippen molar-refractivity contribution in [3.8, 4) is 11.5 Å². The standard InChI is InChI=1S/C28H33FN4O5S/c1-5-37-24-9-6-8-23-22(24)16-33(15-19-12-20(29)14-21(13-19)38-17-18(2)3)28(23,4)27(34)32-39(35,36)26-11-7-10-25(30)31-26/h6-14,18H,5,15-17H2,1-4H3,(H2,30,31)(H,32,34). The fourth-order valence-electron chi connectivity index (χ4n) is 4.61. The summed E-state index contributed by atoms with van der Waals surface area (Å²) in [5.41, 5.74) is 6.13. The fraction of sp³-hybridized carbons (Fsp3) is 0.357. The molecule has 0 spiro atoms. The average molecular weight is 557 g/mol. The van der Waals surface area contributed by atoms with Gasteiger partial charge < -0.3 is 15.2 Å². The Bertz CT molecular complexity index is 1480. The van der Waals surface area contributed by atoms with Crippen molar-refractivity contribution in [1.29, 1.82) is 0 Å². The summed E-state index contributed by atoms with van der Waals surface area (Å²) in [6.07, 6.45) is 0. The van der Waals surface area contributed by atoms with Gasteiger partial charge in [-0.25, -0.2) is 14.1 Å². The van der Waals surface area contributed by atoms with Crippen molar-refractivity contribution in [3.63, 3.8) is 0 Å². The number of nitrogens with two attached hydrogens (primary N) is 1. The van der Waals surface area contributed by atoms with E-state index in [4.69, 9.17) is 15.2 Å². The number of nitrogens with zero attached hydrogens (tertiary/aromatic N) is 2. The van der Waals surface area contributed by atoms with Gasteiger partial charge in [-0.05, 0) is 61.2 Å².